The number of rotatable bonds is 16. The number of aliphatic imine (C=N–C) groups is 1. The molecule has 4 aromatic rings. The number of aliphatic hydroxyl groups excluding tert-OH is 1. The van der Waals surface area contributed by atoms with Crippen LogP contribution in [0.3, 0.4) is 0 Å². The molecule has 11 heteroatoms. The predicted molar refractivity (Wildman–Crippen MR) is 188 cm³/mol. The monoisotopic (exact) mass is 711 g/mol. The lowest BCUT2D eigenvalue weighted by Gasteiger charge is -2.32. The number of amides is 1. The fraction of sp³-hybridized carbons (Fsp3) is 0.297. The van der Waals surface area contributed by atoms with Gasteiger partial charge in [-0.1, -0.05) is 81.7 Å². The molecule has 0 fully saturated rings. The lowest BCUT2D eigenvalue weighted by molar-refractivity contribution is -0.128. The van der Waals surface area contributed by atoms with Crippen LogP contribution in [0.1, 0.15) is 47.3 Å². The van der Waals surface area contributed by atoms with Crippen molar-refractivity contribution in [2.24, 2.45) is 10.1 Å². The Kier molecular flexibility index (Phi) is 12.1. The zero-order valence-corrected chi connectivity index (χ0v) is 28.3. The molecule has 0 aromatic heterocycles. The first-order valence-electron chi connectivity index (χ1n) is 15.9. The third-order valence-corrected chi connectivity index (χ3v) is 8.77. The van der Waals surface area contributed by atoms with E-state index in [9.17, 15) is 4.79 Å². The maximum absolute atomic E-state index is 14.7. The third-order valence-electron chi connectivity index (χ3n) is 8.05. The summed E-state index contributed by atoms with van der Waals surface area (Å²) in [5.74, 6) is 1.46. The first-order chi connectivity index (χ1) is 23.5. The summed E-state index contributed by atoms with van der Waals surface area (Å²) in [7, 11) is 0. The lowest BCUT2D eigenvalue weighted by atomic mass is 9.81. The average Bonchev–Trinajstić information content (AvgIpc) is 3.49. The second-order valence-corrected chi connectivity index (χ2v) is 12.0. The van der Waals surface area contributed by atoms with Crippen molar-refractivity contribution >= 4 is 27.7 Å². The standard InChI is InChI=1S/C37H38BrN5O5/c1-2-46-33-15-8-5-10-26(33)20-21-40-36(45)37(24-28-11-3-4-12-29(28)25-41-43-39)34(31-13-6-7-14-32(31)38)48-35(42-37)27-16-18-30(19-17-27)47-23-9-22-44/h3-8,10-19,34,44H,2,9,20-25H2,1H3,(H,40,45)/t34-,37-/m1/s1. The molecule has 0 radical (unpaired) electrons. The molecule has 1 aliphatic rings. The molecule has 2 atom stereocenters. The number of nitrogens with one attached hydrogen (secondary N) is 1. The van der Waals surface area contributed by atoms with E-state index in [4.69, 9.17) is 29.8 Å². The minimum Gasteiger partial charge on any atom is -0.494 e. The van der Waals surface area contributed by atoms with Crippen LogP contribution >= 0.6 is 15.9 Å². The van der Waals surface area contributed by atoms with E-state index in [-0.39, 0.29) is 25.5 Å². The van der Waals surface area contributed by atoms with Crippen LogP contribution in [-0.4, -0.2) is 48.8 Å². The second kappa shape index (κ2) is 16.8. The molecule has 1 heterocycles. The number of aliphatic hydroxyl groups is 1. The Balaban J connectivity index is 1.56. The van der Waals surface area contributed by atoms with Gasteiger partial charge in [-0.2, -0.15) is 0 Å². The maximum atomic E-state index is 14.7. The van der Waals surface area contributed by atoms with Crippen molar-refractivity contribution in [2.45, 2.75) is 44.4 Å². The van der Waals surface area contributed by atoms with Crippen LogP contribution in [0.4, 0.5) is 0 Å². The fourth-order valence-corrected chi connectivity index (χ4v) is 6.19. The molecule has 2 N–H and O–H groups in total. The van der Waals surface area contributed by atoms with Gasteiger partial charge in [-0.15, -0.1) is 0 Å². The Hall–Kier alpha value is -4.83. The molecule has 248 valence electrons. The van der Waals surface area contributed by atoms with Crippen molar-refractivity contribution in [3.8, 4) is 11.5 Å². The summed E-state index contributed by atoms with van der Waals surface area (Å²) >= 11 is 3.70. The molecule has 10 nitrogen and oxygen atoms in total. The van der Waals surface area contributed by atoms with Gasteiger partial charge >= 0.3 is 0 Å². The summed E-state index contributed by atoms with van der Waals surface area (Å²) in [4.78, 5) is 22.8. The smallest absolute Gasteiger partial charge is 0.252 e. The highest BCUT2D eigenvalue weighted by Crippen LogP contribution is 2.45. The zero-order valence-electron chi connectivity index (χ0n) is 26.7. The van der Waals surface area contributed by atoms with Gasteiger partial charge in [0.15, 0.2) is 11.6 Å². The van der Waals surface area contributed by atoms with Gasteiger partial charge in [-0.25, -0.2) is 4.99 Å². The molecule has 0 bridgehead atoms. The number of hydrogen-bond acceptors (Lipinski definition) is 7. The number of carbonyl (C=O) groups excluding carboxylic acids is 1. The maximum Gasteiger partial charge on any atom is 0.252 e. The van der Waals surface area contributed by atoms with E-state index in [1.54, 1.807) is 0 Å². The number of carbonyl (C=O) groups is 1. The summed E-state index contributed by atoms with van der Waals surface area (Å²) in [6, 6.07) is 30.4. The van der Waals surface area contributed by atoms with Gasteiger partial charge in [0.2, 0.25) is 5.90 Å². The molecule has 48 heavy (non-hydrogen) atoms. The van der Waals surface area contributed by atoms with Crippen molar-refractivity contribution in [2.75, 3.05) is 26.4 Å². The fourth-order valence-electron chi connectivity index (χ4n) is 5.70. The summed E-state index contributed by atoms with van der Waals surface area (Å²) in [6.07, 6.45) is 0.469. The van der Waals surface area contributed by atoms with E-state index in [0.29, 0.717) is 49.8 Å². The number of halogens is 1. The zero-order chi connectivity index (χ0) is 33.8. The van der Waals surface area contributed by atoms with Gasteiger partial charge in [0.1, 0.15) is 11.5 Å². The largest absolute Gasteiger partial charge is 0.494 e. The number of para-hydroxylation sites is 1. The lowest BCUT2D eigenvalue weighted by Crippen LogP contribution is -2.50. The van der Waals surface area contributed by atoms with Crippen LogP contribution in [0.15, 0.2) is 112 Å². The summed E-state index contributed by atoms with van der Waals surface area (Å²) in [5.41, 5.74) is 11.7. The molecule has 0 aliphatic carbocycles. The Morgan fingerprint density at radius 2 is 1.71 bits per heavy atom. The molecule has 1 amide bonds. The van der Waals surface area contributed by atoms with E-state index in [2.05, 4.69) is 31.3 Å². The van der Waals surface area contributed by atoms with Crippen LogP contribution in [0.5, 0.6) is 11.5 Å². The number of azide groups is 1. The highest BCUT2D eigenvalue weighted by molar-refractivity contribution is 9.10. The van der Waals surface area contributed by atoms with E-state index < -0.39 is 11.6 Å². The highest BCUT2D eigenvalue weighted by atomic mass is 79.9. The Bertz CT molecular complexity index is 1780. The highest BCUT2D eigenvalue weighted by Gasteiger charge is 2.54. The van der Waals surface area contributed by atoms with E-state index in [0.717, 1.165) is 32.5 Å². The summed E-state index contributed by atoms with van der Waals surface area (Å²) < 4.78 is 19.0. The van der Waals surface area contributed by atoms with Gasteiger partial charge in [-0.3, -0.25) is 4.79 Å². The normalized spacial score (nSPS) is 16.7. The summed E-state index contributed by atoms with van der Waals surface area (Å²) in [6.45, 7) is 3.41. The third kappa shape index (κ3) is 8.17. The van der Waals surface area contributed by atoms with Gasteiger partial charge in [0.05, 0.1) is 19.8 Å². The molecule has 0 saturated heterocycles. The SMILES string of the molecule is CCOc1ccccc1CCNC(=O)[C@]1(Cc2ccccc2CN=[N+]=[N-])N=C(c2ccc(OCCCO)cc2)O[C@@H]1c1ccccc1Br. The van der Waals surface area contributed by atoms with Crippen LogP contribution < -0.4 is 14.8 Å². The molecular formula is C37H38BrN5O5. The topological polar surface area (TPSA) is 138 Å². The van der Waals surface area contributed by atoms with E-state index >= 15 is 0 Å². The van der Waals surface area contributed by atoms with Crippen molar-refractivity contribution in [1.82, 2.24) is 5.32 Å². The van der Waals surface area contributed by atoms with Crippen LogP contribution in [0.2, 0.25) is 0 Å². The number of hydrogen-bond donors (Lipinski definition) is 2. The van der Waals surface area contributed by atoms with Crippen LogP contribution in [0.25, 0.3) is 10.4 Å². The van der Waals surface area contributed by atoms with Crippen molar-refractivity contribution < 1.29 is 24.1 Å². The Morgan fingerprint density at radius 1 is 1.00 bits per heavy atom. The Labute approximate surface area is 288 Å². The van der Waals surface area contributed by atoms with Gasteiger partial charge in [-0.05, 0) is 72.0 Å². The van der Waals surface area contributed by atoms with E-state index in [1.165, 1.54) is 0 Å². The molecule has 0 unspecified atom stereocenters. The Morgan fingerprint density at radius 3 is 2.44 bits per heavy atom. The first kappa shape index (κ1) is 34.5. The quantitative estimate of drug-likeness (QED) is 0.0545. The van der Waals surface area contributed by atoms with E-state index in [1.807, 2.05) is 104 Å². The number of nitrogens with zero attached hydrogens (tertiary/aromatic N) is 4. The average molecular weight is 713 g/mol. The number of ether oxygens (including phenoxy) is 3. The summed E-state index contributed by atoms with van der Waals surface area (Å²) in [5, 5.41) is 16.1. The van der Waals surface area contributed by atoms with Crippen LogP contribution in [0, 0.1) is 0 Å². The molecule has 1 aliphatic heterocycles. The first-order valence-corrected chi connectivity index (χ1v) is 16.7. The number of benzene rings is 4. The van der Waals surface area contributed by atoms with Gasteiger partial charge < -0.3 is 24.6 Å². The van der Waals surface area contributed by atoms with Crippen LogP contribution in [-0.2, 0) is 28.9 Å². The molecule has 4 aromatic carbocycles. The predicted octanol–water partition coefficient (Wildman–Crippen LogP) is 7.28. The second-order valence-electron chi connectivity index (χ2n) is 11.2. The minimum atomic E-state index is -1.43. The van der Waals surface area contributed by atoms with Crippen molar-refractivity contribution in [3.05, 3.63) is 140 Å². The van der Waals surface area contributed by atoms with Crippen molar-refractivity contribution in [1.29, 1.82) is 0 Å². The molecule has 0 saturated carbocycles. The van der Waals surface area contributed by atoms with Crippen molar-refractivity contribution in [3.63, 3.8) is 0 Å². The molecule has 5 rings (SSSR count). The van der Waals surface area contributed by atoms with Gasteiger partial charge in [0.25, 0.3) is 5.91 Å². The van der Waals surface area contributed by atoms with Gasteiger partial charge in [0, 0.05) is 46.5 Å². The minimum absolute atomic E-state index is 0.0499. The molecular weight excluding hydrogens is 674 g/mol. The molecule has 0 spiro atoms.